The van der Waals surface area contributed by atoms with Crippen molar-refractivity contribution in [1.29, 1.82) is 0 Å². The molecule has 0 aliphatic carbocycles. The van der Waals surface area contributed by atoms with Gasteiger partial charge in [-0.1, -0.05) is 36.4 Å². The van der Waals surface area contributed by atoms with Gasteiger partial charge in [0.25, 0.3) is 0 Å². The number of methoxy groups -OCH3 is 1. The van der Waals surface area contributed by atoms with E-state index in [0.29, 0.717) is 18.7 Å². The zero-order valence-electron chi connectivity index (χ0n) is 12.4. The van der Waals surface area contributed by atoms with Crippen LogP contribution in [-0.4, -0.2) is 20.1 Å². The normalized spacial score (nSPS) is 10.2. The molecule has 0 aliphatic rings. The minimum absolute atomic E-state index is 0.323. The number of esters is 1. The summed E-state index contributed by atoms with van der Waals surface area (Å²) in [5, 5.41) is 0. The molecule has 0 fully saturated rings. The van der Waals surface area contributed by atoms with E-state index in [2.05, 4.69) is 12.1 Å². The highest BCUT2D eigenvalue weighted by atomic mass is 16.5. The van der Waals surface area contributed by atoms with Crippen LogP contribution in [0.1, 0.15) is 21.5 Å². The second kappa shape index (κ2) is 6.90. The molecule has 0 bridgehead atoms. The van der Waals surface area contributed by atoms with Crippen LogP contribution in [0.25, 0.3) is 0 Å². The van der Waals surface area contributed by atoms with Gasteiger partial charge in [-0.2, -0.15) is 0 Å². The summed E-state index contributed by atoms with van der Waals surface area (Å²) in [7, 11) is 3.35. The fourth-order valence-electron chi connectivity index (χ4n) is 2.23. The lowest BCUT2D eigenvalue weighted by Gasteiger charge is -2.21. The summed E-state index contributed by atoms with van der Waals surface area (Å²) in [6.07, 6.45) is 0. The number of nitrogens with two attached hydrogens (primary N) is 1. The predicted octanol–water partition coefficient (Wildman–Crippen LogP) is 2.57. The van der Waals surface area contributed by atoms with Crippen LogP contribution in [0.2, 0.25) is 0 Å². The Balaban J connectivity index is 2.19. The van der Waals surface area contributed by atoms with E-state index in [1.54, 1.807) is 6.07 Å². The van der Waals surface area contributed by atoms with Crippen LogP contribution in [-0.2, 0) is 17.8 Å². The largest absolute Gasteiger partial charge is 0.465 e. The molecule has 0 atom stereocenters. The lowest BCUT2D eigenvalue weighted by molar-refractivity contribution is 0.0601. The summed E-state index contributed by atoms with van der Waals surface area (Å²) in [6, 6.07) is 15.6. The summed E-state index contributed by atoms with van der Waals surface area (Å²) < 4.78 is 4.83. The van der Waals surface area contributed by atoms with Gasteiger partial charge in [0.05, 0.1) is 18.4 Å². The first-order chi connectivity index (χ1) is 10.2. The third-order valence-electron chi connectivity index (χ3n) is 3.40. The van der Waals surface area contributed by atoms with Gasteiger partial charge in [-0.15, -0.1) is 0 Å². The number of carbonyl (C=O) groups excluding carboxylic acids is 1. The third-order valence-corrected chi connectivity index (χ3v) is 3.40. The van der Waals surface area contributed by atoms with Gasteiger partial charge in [-0.3, -0.25) is 0 Å². The van der Waals surface area contributed by atoms with Crippen molar-refractivity contribution in [2.24, 2.45) is 5.73 Å². The van der Waals surface area contributed by atoms with E-state index in [1.807, 2.05) is 42.3 Å². The maximum atomic E-state index is 11.8. The van der Waals surface area contributed by atoms with E-state index in [1.165, 1.54) is 7.11 Å². The van der Waals surface area contributed by atoms with E-state index in [4.69, 9.17) is 10.5 Å². The van der Waals surface area contributed by atoms with Gasteiger partial charge < -0.3 is 15.4 Å². The fourth-order valence-corrected chi connectivity index (χ4v) is 2.23. The number of anilines is 1. The molecule has 4 heteroatoms. The second-order valence-corrected chi connectivity index (χ2v) is 4.89. The third kappa shape index (κ3) is 3.61. The molecule has 21 heavy (non-hydrogen) atoms. The van der Waals surface area contributed by atoms with Crippen LogP contribution in [0.15, 0.2) is 48.5 Å². The van der Waals surface area contributed by atoms with Crippen molar-refractivity contribution < 1.29 is 9.53 Å². The molecule has 0 unspecified atom stereocenters. The van der Waals surface area contributed by atoms with E-state index >= 15 is 0 Å². The minimum Gasteiger partial charge on any atom is -0.465 e. The average Bonchev–Trinajstić information content (AvgIpc) is 2.54. The quantitative estimate of drug-likeness (QED) is 0.857. The molecule has 2 aromatic rings. The Morgan fingerprint density at radius 2 is 1.71 bits per heavy atom. The van der Waals surface area contributed by atoms with Gasteiger partial charge in [0, 0.05) is 20.1 Å². The molecule has 0 aromatic heterocycles. The summed E-state index contributed by atoms with van der Waals surface area (Å²) >= 11 is 0. The first kappa shape index (κ1) is 15.1. The monoisotopic (exact) mass is 284 g/mol. The van der Waals surface area contributed by atoms with E-state index in [-0.39, 0.29) is 5.97 Å². The molecule has 0 aliphatic heterocycles. The van der Waals surface area contributed by atoms with Crippen LogP contribution in [0, 0.1) is 0 Å². The highest BCUT2D eigenvalue weighted by Crippen LogP contribution is 2.21. The number of hydrogen-bond acceptors (Lipinski definition) is 4. The molecule has 2 aromatic carbocycles. The smallest absolute Gasteiger partial charge is 0.339 e. The first-order valence-electron chi connectivity index (χ1n) is 6.82. The van der Waals surface area contributed by atoms with Crippen molar-refractivity contribution >= 4 is 11.7 Å². The molecule has 4 nitrogen and oxygen atoms in total. The maximum Gasteiger partial charge on any atom is 0.339 e. The number of hydrogen-bond donors (Lipinski definition) is 1. The molecular weight excluding hydrogens is 264 g/mol. The van der Waals surface area contributed by atoms with Crippen LogP contribution in [0.3, 0.4) is 0 Å². The molecule has 0 amide bonds. The predicted molar refractivity (Wildman–Crippen MR) is 84.2 cm³/mol. The van der Waals surface area contributed by atoms with Gasteiger partial charge >= 0.3 is 5.97 Å². The van der Waals surface area contributed by atoms with Crippen molar-refractivity contribution in [1.82, 2.24) is 0 Å². The number of rotatable bonds is 5. The minimum atomic E-state index is -0.323. The molecule has 2 rings (SSSR count). The first-order valence-corrected chi connectivity index (χ1v) is 6.82. The molecule has 0 heterocycles. The lowest BCUT2D eigenvalue weighted by Crippen LogP contribution is -2.19. The van der Waals surface area contributed by atoms with Gasteiger partial charge in [0.1, 0.15) is 0 Å². The average molecular weight is 284 g/mol. The Labute approximate surface area is 125 Å². The summed E-state index contributed by atoms with van der Waals surface area (Å²) in [4.78, 5) is 13.8. The highest BCUT2D eigenvalue weighted by molar-refractivity contribution is 5.95. The van der Waals surface area contributed by atoms with Crippen molar-refractivity contribution in [2.45, 2.75) is 13.1 Å². The van der Waals surface area contributed by atoms with Crippen LogP contribution < -0.4 is 10.6 Å². The Kier molecular flexibility index (Phi) is 4.95. The lowest BCUT2D eigenvalue weighted by atomic mass is 10.1. The SMILES string of the molecule is COC(=O)c1ccccc1N(C)Cc1ccc(CN)cc1. The van der Waals surface area contributed by atoms with Crippen LogP contribution in [0.4, 0.5) is 5.69 Å². The molecule has 0 spiro atoms. The molecule has 0 radical (unpaired) electrons. The van der Waals surface area contributed by atoms with Gasteiger partial charge in [0.2, 0.25) is 0 Å². The summed E-state index contributed by atoms with van der Waals surface area (Å²) in [5.74, 6) is -0.323. The fraction of sp³-hybridized carbons (Fsp3) is 0.235. The van der Waals surface area contributed by atoms with Crippen LogP contribution >= 0.6 is 0 Å². The number of ether oxygens (including phenoxy) is 1. The molecular formula is C17H20N2O2. The van der Waals surface area contributed by atoms with Crippen molar-refractivity contribution in [2.75, 3.05) is 19.1 Å². The zero-order valence-corrected chi connectivity index (χ0v) is 12.4. The van der Waals surface area contributed by atoms with E-state index in [9.17, 15) is 4.79 Å². The second-order valence-electron chi connectivity index (χ2n) is 4.89. The van der Waals surface area contributed by atoms with Crippen molar-refractivity contribution in [3.63, 3.8) is 0 Å². The summed E-state index contributed by atoms with van der Waals surface area (Å²) in [5.41, 5.74) is 9.29. The van der Waals surface area contributed by atoms with Crippen molar-refractivity contribution in [3.8, 4) is 0 Å². The number of para-hydroxylation sites is 1. The number of benzene rings is 2. The molecule has 0 saturated carbocycles. The maximum absolute atomic E-state index is 11.8. The molecule has 0 saturated heterocycles. The van der Waals surface area contributed by atoms with Gasteiger partial charge in [-0.05, 0) is 23.3 Å². The summed E-state index contributed by atoms with van der Waals surface area (Å²) in [6.45, 7) is 1.25. The molecule has 2 N–H and O–H groups in total. The van der Waals surface area contributed by atoms with E-state index < -0.39 is 0 Å². The number of nitrogens with zero attached hydrogens (tertiary/aromatic N) is 1. The zero-order chi connectivity index (χ0) is 15.2. The van der Waals surface area contributed by atoms with Gasteiger partial charge in [0.15, 0.2) is 0 Å². The van der Waals surface area contributed by atoms with Crippen molar-refractivity contribution in [3.05, 3.63) is 65.2 Å². The topological polar surface area (TPSA) is 55.6 Å². The highest BCUT2D eigenvalue weighted by Gasteiger charge is 2.14. The Morgan fingerprint density at radius 1 is 1.10 bits per heavy atom. The Bertz CT molecular complexity index is 608. The van der Waals surface area contributed by atoms with Gasteiger partial charge in [-0.25, -0.2) is 4.79 Å². The van der Waals surface area contributed by atoms with Crippen LogP contribution in [0.5, 0.6) is 0 Å². The van der Waals surface area contributed by atoms with E-state index in [0.717, 1.165) is 16.8 Å². The Morgan fingerprint density at radius 3 is 2.33 bits per heavy atom. The Hall–Kier alpha value is -2.33. The number of carbonyl (C=O) groups is 1. The molecule has 110 valence electrons. The standard InChI is InChI=1S/C17H20N2O2/c1-19(12-14-9-7-13(11-18)8-10-14)16-6-4-3-5-15(16)17(20)21-2/h3-10H,11-12,18H2,1-2H3.